The highest BCUT2D eigenvalue weighted by molar-refractivity contribution is 5.46. The van der Waals surface area contributed by atoms with Gasteiger partial charge < -0.3 is 11.1 Å². The van der Waals surface area contributed by atoms with E-state index in [4.69, 9.17) is 5.73 Å². The van der Waals surface area contributed by atoms with Crippen molar-refractivity contribution in [3.05, 3.63) is 29.8 Å². The Morgan fingerprint density at radius 1 is 1.28 bits per heavy atom. The molecule has 0 aliphatic heterocycles. The molecule has 1 aromatic rings. The van der Waals surface area contributed by atoms with E-state index in [0.717, 1.165) is 30.6 Å². The molecule has 0 spiro atoms. The highest BCUT2D eigenvalue weighted by Crippen LogP contribution is 2.30. The predicted molar refractivity (Wildman–Crippen MR) is 78.3 cm³/mol. The molecule has 0 aromatic heterocycles. The second-order valence-electron chi connectivity index (χ2n) is 5.80. The molecule has 1 saturated carbocycles. The number of nitrogens with two attached hydrogens (primary N) is 1. The van der Waals surface area contributed by atoms with Crippen molar-refractivity contribution in [2.24, 2.45) is 11.8 Å². The van der Waals surface area contributed by atoms with Crippen molar-refractivity contribution in [3.63, 3.8) is 0 Å². The molecule has 100 valence electrons. The molecule has 0 heterocycles. The van der Waals surface area contributed by atoms with Gasteiger partial charge in [-0.15, -0.1) is 0 Å². The smallest absolute Gasteiger partial charge is 0.0359 e. The van der Waals surface area contributed by atoms with E-state index in [2.05, 4.69) is 24.4 Å². The van der Waals surface area contributed by atoms with Crippen molar-refractivity contribution in [1.29, 1.82) is 0 Å². The zero-order valence-corrected chi connectivity index (χ0v) is 11.5. The average Bonchev–Trinajstić information content (AvgIpc) is 2.37. The highest BCUT2D eigenvalue weighted by atomic mass is 14.9. The first kappa shape index (κ1) is 13.4. The van der Waals surface area contributed by atoms with Gasteiger partial charge in [0.05, 0.1) is 0 Å². The first-order valence-corrected chi connectivity index (χ1v) is 7.30. The molecule has 1 fully saturated rings. The molecule has 0 saturated heterocycles. The third kappa shape index (κ3) is 4.02. The fraction of sp³-hybridized carbons (Fsp3) is 0.625. The van der Waals surface area contributed by atoms with Crippen molar-refractivity contribution in [2.75, 3.05) is 12.3 Å². The molecule has 0 bridgehead atoms. The third-order valence-corrected chi connectivity index (χ3v) is 4.14. The second kappa shape index (κ2) is 6.79. The molecule has 1 aromatic carbocycles. The van der Waals surface area contributed by atoms with Gasteiger partial charge in [-0.2, -0.15) is 0 Å². The summed E-state index contributed by atoms with van der Waals surface area (Å²) in [5.74, 6) is 1.88. The Morgan fingerprint density at radius 3 is 2.89 bits per heavy atom. The van der Waals surface area contributed by atoms with Crippen LogP contribution in [-0.2, 0) is 6.54 Å². The molecule has 2 heteroatoms. The first-order valence-electron chi connectivity index (χ1n) is 7.30. The number of hydrogen-bond acceptors (Lipinski definition) is 2. The van der Waals surface area contributed by atoms with E-state index in [-0.39, 0.29) is 0 Å². The van der Waals surface area contributed by atoms with E-state index in [9.17, 15) is 0 Å². The number of hydrogen-bond donors (Lipinski definition) is 2. The summed E-state index contributed by atoms with van der Waals surface area (Å²) in [5, 5.41) is 3.52. The van der Waals surface area contributed by atoms with Crippen LogP contribution in [0.4, 0.5) is 5.69 Å². The Bertz CT molecular complexity index is 362. The molecular formula is C16H26N2. The maximum atomic E-state index is 5.92. The van der Waals surface area contributed by atoms with Crippen LogP contribution >= 0.6 is 0 Å². The lowest BCUT2D eigenvalue weighted by Crippen LogP contribution is -2.21. The normalized spacial score (nSPS) is 24.1. The molecule has 1 aliphatic rings. The number of anilines is 1. The molecular weight excluding hydrogens is 220 g/mol. The fourth-order valence-corrected chi connectivity index (χ4v) is 3.05. The van der Waals surface area contributed by atoms with Crippen LogP contribution in [0.3, 0.4) is 0 Å². The van der Waals surface area contributed by atoms with Gasteiger partial charge in [0.25, 0.3) is 0 Å². The number of nitrogens with one attached hydrogen (secondary N) is 1. The van der Waals surface area contributed by atoms with Crippen LogP contribution in [-0.4, -0.2) is 6.54 Å². The van der Waals surface area contributed by atoms with Gasteiger partial charge in [-0.1, -0.05) is 44.4 Å². The van der Waals surface area contributed by atoms with Crippen LogP contribution in [0, 0.1) is 11.8 Å². The first-order chi connectivity index (χ1) is 8.75. The highest BCUT2D eigenvalue weighted by Gasteiger charge is 2.17. The molecule has 2 atom stereocenters. The van der Waals surface area contributed by atoms with Gasteiger partial charge in [0.15, 0.2) is 0 Å². The second-order valence-corrected chi connectivity index (χ2v) is 5.80. The monoisotopic (exact) mass is 246 g/mol. The van der Waals surface area contributed by atoms with Crippen LogP contribution in [0.1, 0.15) is 44.6 Å². The number of nitrogen functional groups attached to an aromatic ring is 1. The summed E-state index contributed by atoms with van der Waals surface area (Å²) in [4.78, 5) is 0. The number of rotatable bonds is 5. The zero-order chi connectivity index (χ0) is 12.8. The van der Waals surface area contributed by atoms with E-state index in [1.165, 1.54) is 37.7 Å². The van der Waals surface area contributed by atoms with Crippen molar-refractivity contribution in [2.45, 2.75) is 45.6 Å². The summed E-state index contributed by atoms with van der Waals surface area (Å²) in [6.07, 6.45) is 7.04. The average molecular weight is 246 g/mol. The van der Waals surface area contributed by atoms with Gasteiger partial charge in [0, 0.05) is 12.2 Å². The summed E-state index contributed by atoms with van der Waals surface area (Å²) in [6.45, 7) is 4.41. The predicted octanol–water partition coefficient (Wildman–Crippen LogP) is 3.57. The minimum atomic E-state index is 0.898. The Kier molecular flexibility index (Phi) is 5.06. The van der Waals surface area contributed by atoms with Crippen LogP contribution in [0.5, 0.6) is 0 Å². The third-order valence-electron chi connectivity index (χ3n) is 4.14. The summed E-state index contributed by atoms with van der Waals surface area (Å²) in [7, 11) is 0. The van der Waals surface area contributed by atoms with E-state index >= 15 is 0 Å². The van der Waals surface area contributed by atoms with Gasteiger partial charge in [0.2, 0.25) is 0 Å². The van der Waals surface area contributed by atoms with E-state index in [1.807, 2.05) is 12.1 Å². The van der Waals surface area contributed by atoms with Gasteiger partial charge in [-0.25, -0.2) is 0 Å². The zero-order valence-electron chi connectivity index (χ0n) is 11.5. The molecule has 1 aliphatic carbocycles. The maximum absolute atomic E-state index is 5.92. The molecule has 18 heavy (non-hydrogen) atoms. The number of benzene rings is 1. The Morgan fingerprint density at radius 2 is 2.11 bits per heavy atom. The van der Waals surface area contributed by atoms with Crippen LogP contribution in [0.25, 0.3) is 0 Å². The van der Waals surface area contributed by atoms with E-state index in [1.54, 1.807) is 0 Å². The molecule has 0 radical (unpaired) electrons. The van der Waals surface area contributed by atoms with Gasteiger partial charge >= 0.3 is 0 Å². The Balaban J connectivity index is 1.65. The Hall–Kier alpha value is -1.02. The van der Waals surface area contributed by atoms with Gasteiger partial charge in [-0.3, -0.25) is 0 Å². The molecule has 2 unspecified atom stereocenters. The summed E-state index contributed by atoms with van der Waals surface area (Å²) in [6, 6.07) is 8.11. The number of para-hydroxylation sites is 1. The van der Waals surface area contributed by atoms with Crippen LogP contribution in [0.15, 0.2) is 24.3 Å². The topological polar surface area (TPSA) is 38.0 Å². The molecule has 3 N–H and O–H groups in total. The summed E-state index contributed by atoms with van der Waals surface area (Å²) in [5.41, 5.74) is 8.04. The molecule has 0 amide bonds. The van der Waals surface area contributed by atoms with E-state index in [0.29, 0.717) is 0 Å². The SMILES string of the molecule is CC1CCCC(CCNCc2ccccc2N)C1. The van der Waals surface area contributed by atoms with E-state index < -0.39 is 0 Å². The Labute approximate surface area is 111 Å². The van der Waals surface area contributed by atoms with Crippen LogP contribution in [0.2, 0.25) is 0 Å². The molecule has 2 nitrogen and oxygen atoms in total. The summed E-state index contributed by atoms with van der Waals surface area (Å²) < 4.78 is 0. The van der Waals surface area contributed by atoms with Crippen molar-refractivity contribution in [1.82, 2.24) is 5.32 Å². The summed E-state index contributed by atoms with van der Waals surface area (Å²) >= 11 is 0. The van der Waals surface area contributed by atoms with Gasteiger partial charge in [-0.05, 0) is 42.9 Å². The lowest BCUT2D eigenvalue weighted by molar-refractivity contribution is 0.267. The van der Waals surface area contributed by atoms with Crippen molar-refractivity contribution >= 4 is 5.69 Å². The lowest BCUT2D eigenvalue weighted by Gasteiger charge is -2.26. The lowest BCUT2D eigenvalue weighted by atomic mass is 9.81. The largest absolute Gasteiger partial charge is 0.398 e. The fourth-order valence-electron chi connectivity index (χ4n) is 3.05. The standard InChI is InChI=1S/C16H26N2/c1-13-5-4-6-14(11-13)9-10-18-12-15-7-2-3-8-16(15)17/h2-3,7-8,13-14,18H,4-6,9-12,17H2,1H3. The minimum absolute atomic E-state index is 0.898. The van der Waals surface area contributed by atoms with Crippen molar-refractivity contribution < 1.29 is 0 Å². The quantitative estimate of drug-likeness (QED) is 0.615. The van der Waals surface area contributed by atoms with Crippen molar-refractivity contribution in [3.8, 4) is 0 Å². The van der Waals surface area contributed by atoms with Crippen LogP contribution < -0.4 is 11.1 Å². The minimum Gasteiger partial charge on any atom is -0.398 e. The van der Waals surface area contributed by atoms with Gasteiger partial charge in [0.1, 0.15) is 0 Å². The molecule has 2 rings (SSSR count). The maximum Gasteiger partial charge on any atom is 0.0359 e.